The molecule has 4 heteroatoms. The Morgan fingerprint density at radius 2 is 2.25 bits per heavy atom. The minimum absolute atomic E-state index is 0.477. The number of aryl methyl sites for hydroxylation is 1. The van der Waals surface area contributed by atoms with Gasteiger partial charge in [-0.3, -0.25) is 4.79 Å². The molecule has 1 heterocycles. The zero-order valence-electron chi connectivity index (χ0n) is 8.72. The van der Waals surface area contributed by atoms with E-state index in [9.17, 15) is 4.79 Å². The Kier molecular flexibility index (Phi) is 3.22. The summed E-state index contributed by atoms with van der Waals surface area (Å²) < 4.78 is 1.26. The molecule has 84 valence electrons. The van der Waals surface area contributed by atoms with Gasteiger partial charge in [0.2, 0.25) is 0 Å². The van der Waals surface area contributed by atoms with Crippen LogP contribution in [0.2, 0.25) is 0 Å². The number of fused-ring (bicyclic) bond motifs is 1. The van der Waals surface area contributed by atoms with Crippen LogP contribution in [0.4, 0.5) is 0 Å². The van der Waals surface area contributed by atoms with Crippen LogP contribution in [0.3, 0.4) is 0 Å². The smallest absolute Gasteiger partial charge is 0.320 e. The van der Waals surface area contributed by atoms with Crippen molar-refractivity contribution in [3.8, 4) is 0 Å². The van der Waals surface area contributed by atoms with E-state index in [1.54, 1.807) is 11.3 Å². The Morgan fingerprint density at radius 3 is 3.00 bits per heavy atom. The van der Waals surface area contributed by atoms with Crippen molar-refractivity contribution in [3.63, 3.8) is 0 Å². The zero-order chi connectivity index (χ0) is 11.5. The van der Waals surface area contributed by atoms with Crippen LogP contribution < -0.4 is 5.73 Å². The van der Waals surface area contributed by atoms with Gasteiger partial charge in [0.15, 0.2) is 0 Å². The molecule has 3 N–H and O–H groups in total. The first kappa shape index (κ1) is 11.1. The fraction of sp³-hybridized carbons (Fsp3) is 0.250. The van der Waals surface area contributed by atoms with E-state index in [0.717, 1.165) is 5.56 Å². The molecule has 3 nitrogen and oxygen atoms in total. The number of rotatable bonds is 4. The van der Waals surface area contributed by atoms with Gasteiger partial charge in [-0.05, 0) is 41.3 Å². The van der Waals surface area contributed by atoms with Crippen LogP contribution in [0.5, 0.6) is 0 Å². The van der Waals surface area contributed by atoms with Crippen LogP contribution in [0.25, 0.3) is 10.1 Å². The summed E-state index contributed by atoms with van der Waals surface area (Å²) in [5, 5.41) is 11.9. The molecule has 0 aliphatic heterocycles. The number of carboxylic acid groups (broad SMARTS) is 1. The van der Waals surface area contributed by atoms with Crippen molar-refractivity contribution in [2.45, 2.75) is 18.9 Å². The number of hydrogen-bond donors (Lipinski definition) is 2. The first-order chi connectivity index (χ1) is 7.66. The van der Waals surface area contributed by atoms with Gasteiger partial charge in [-0.15, -0.1) is 11.3 Å². The third kappa shape index (κ3) is 2.40. The molecule has 0 saturated carbocycles. The van der Waals surface area contributed by atoms with Crippen LogP contribution in [-0.4, -0.2) is 17.1 Å². The number of carbonyl (C=O) groups is 1. The SMILES string of the molecule is NC(CCc1ccc2sccc2c1)C(=O)O. The molecular weight excluding hydrogens is 222 g/mol. The van der Waals surface area contributed by atoms with Gasteiger partial charge in [0.25, 0.3) is 0 Å². The van der Waals surface area contributed by atoms with Crippen molar-refractivity contribution in [1.82, 2.24) is 0 Å². The summed E-state index contributed by atoms with van der Waals surface area (Å²) in [4.78, 5) is 10.6. The summed E-state index contributed by atoms with van der Waals surface area (Å²) in [6, 6.07) is 7.51. The van der Waals surface area contributed by atoms with Crippen LogP contribution in [0.15, 0.2) is 29.6 Å². The molecule has 0 bridgehead atoms. The van der Waals surface area contributed by atoms with Gasteiger partial charge < -0.3 is 10.8 Å². The van der Waals surface area contributed by atoms with Gasteiger partial charge >= 0.3 is 5.97 Å². The maximum Gasteiger partial charge on any atom is 0.320 e. The Balaban J connectivity index is 2.06. The monoisotopic (exact) mass is 235 g/mol. The first-order valence-corrected chi connectivity index (χ1v) is 5.99. The maximum atomic E-state index is 10.6. The molecule has 0 radical (unpaired) electrons. The van der Waals surface area contributed by atoms with Crippen molar-refractivity contribution in [3.05, 3.63) is 35.2 Å². The fourth-order valence-corrected chi connectivity index (χ4v) is 2.39. The molecule has 2 rings (SSSR count). The molecule has 0 fully saturated rings. The summed E-state index contributed by atoms with van der Waals surface area (Å²) in [5.41, 5.74) is 6.60. The summed E-state index contributed by atoms with van der Waals surface area (Å²) in [5.74, 6) is -0.934. The molecule has 0 saturated heterocycles. The highest BCUT2D eigenvalue weighted by molar-refractivity contribution is 7.17. The Hall–Kier alpha value is -1.39. The van der Waals surface area contributed by atoms with Gasteiger partial charge in [-0.25, -0.2) is 0 Å². The van der Waals surface area contributed by atoms with E-state index in [1.165, 1.54) is 10.1 Å². The van der Waals surface area contributed by atoms with Gasteiger partial charge in [0, 0.05) is 4.70 Å². The van der Waals surface area contributed by atoms with Gasteiger partial charge in [-0.1, -0.05) is 12.1 Å². The lowest BCUT2D eigenvalue weighted by Gasteiger charge is -2.06. The molecule has 0 aliphatic carbocycles. The van der Waals surface area contributed by atoms with E-state index >= 15 is 0 Å². The van der Waals surface area contributed by atoms with Gasteiger partial charge in [0.1, 0.15) is 6.04 Å². The molecule has 1 atom stereocenters. The molecule has 2 aromatic rings. The number of carboxylic acids is 1. The predicted octanol–water partition coefficient (Wildman–Crippen LogP) is 2.25. The molecule has 0 amide bonds. The van der Waals surface area contributed by atoms with E-state index in [1.807, 2.05) is 6.07 Å². The Bertz CT molecular complexity index is 506. The lowest BCUT2D eigenvalue weighted by Crippen LogP contribution is -2.30. The highest BCUT2D eigenvalue weighted by atomic mass is 32.1. The summed E-state index contributed by atoms with van der Waals surface area (Å²) >= 11 is 1.71. The van der Waals surface area contributed by atoms with E-state index in [4.69, 9.17) is 10.8 Å². The topological polar surface area (TPSA) is 63.3 Å². The van der Waals surface area contributed by atoms with Crippen molar-refractivity contribution in [2.75, 3.05) is 0 Å². The largest absolute Gasteiger partial charge is 0.480 e. The van der Waals surface area contributed by atoms with Crippen molar-refractivity contribution in [1.29, 1.82) is 0 Å². The van der Waals surface area contributed by atoms with E-state index in [0.29, 0.717) is 12.8 Å². The zero-order valence-corrected chi connectivity index (χ0v) is 9.54. The average Bonchev–Trinajstić information content (AvgIpc) is 2.72. The molecule has 0 aliphatic rings. The highest BCUT2D eigenvalue weighted by Gasteiger charge is 2.10. The Labute approximate surface area is 97.5 Å². The summed E-state index contributed by atoms with van der Waals surface area (Å²) in [7, 11) is 0. The number of thiophene rings is 1. The van der Waals surface area contributed by atoms with Crippen LogP contribution in [0, 0.1) is 0 Å². The maximum absolute atomic E-state index is 10.6. The molecule has 1 unspecified atom stereocenters. The highest BCUT2D eigenvalue weighted by Crippen LogP contribution is 2.22. The third-order valence-corrected chi connectivity index (χ3v) is 3.48. The van der Waals surface area contributed by atoms with E-state index in [-0.39, 0.29) is 0 Å². The average molecular weight is 235 g/mol. The summed E-state index contributed by atoms with van der Waals surface area (Å²) in [6.07, 6.45) is 1.18. The molecule has 1 aromatic heterocycles. The van der Waals surface area contributed by atoms with Crippen LogP contribution in [-0.2, 0) is 11.2 Å². The van der Waals surface area contributed by atoms with Gasteiger partial charge in [0.05, 0.1) is 0 Å². The minimum Gasteiger partial charge on any atom is -0.480 e. The molecule has 1 aromatic carbocycles. The predicted molar refractivity (Wildman–Crippen MR) is 65.8 cm³/mol. The van der Waals surface area contributed by atoms with Crippen LogP contribution in [0.1, 0.15) is 12.0 Å². The van der Waals surface area contributed by atoms with Gasteiger partial charge in [-0.2, -0.15) is 0 Å². The Morgan fingerprint density at radius 1 is 1.44 bits per heavy atom. The number of hydrogen-bond acceptors (Lipinski definition) is 3. The fourth-order valence-electron chi connectivity index (χ4n) is 1.62. The normalized spacial score (nSPS) is 12.8. The third-order valence-electron chi connectivity index (χ3n) is 2.58. The second-order valence-electron chi connectivity index (χ2n) is 3.78. The van der Waals surface area contributed by atoms with Crippen molar-refractivity contribution in [2.24, 2.45) is 5.73 Å². The lowest BCUT2D eigenvalue weighted by atomic mass is 10.0. The minimum atomic E-state index is -0.934. The van der Waals surface area contributed by atoms with Crippen molar-refractivity contribution < 1.29 is 9.90 Å². The second-order valence-corrected chi connectivity index (χ2v) is 4.72. The van der Waals surface area contributed by atoms with Crippen molar-refractivity contribution >= 4 is 27.4 Å². The molecule has 16 heavy (non-hydrogen) atoms. The lowest BCUT2D eigenvalue weighted by molar-refractivity contribution is -0.138. The summed E-state index contributed by atoms with van der Waals surface area (Å²) in [6.45, 7) is 0. The standard InChI is InChI=1S/C12H13NO2S/c13-10(12(14)15)3-1-8-2-4-11-9(7-8)5-6-16-11/h2,4-7,10H,1,3,13H2,(H,14,15). The molecular formula is C12H13NO2S. The molecule has 0 spiro atoms. The second kappa shape index (κ2) is 4.63. The first-order valence-electron chi connectivity index (χ1n) is 5.11. The number of aliphatic carboxylic acids is 1. The van der Waals surface area contributed by atoms with E-state index in [2.05, 4.69) is 23.6 Å². The van der Waals surface area contributed by atoms with Crippen LogP contribution >= 0.6 is 11.3 Å². The quantitative estimate of drug-likeness (QED) is 0.854. The number of benzene rings is 1. The number of nitrogens with two attached hydrogens (primary N) is 1. The van der Waals surface area contributed by atoms with E-state index < -0.39 is 12.0 Å².